The second kappa shape index (κ2) is 8.34. The summed E-state index contributed by atoms with van der Waals surface area (Å²) in [5.41, 5.74) is 1.68. The molecule has 1 saturated heterocycles. The first-order chi connectivity index (χ1) is 13.7. The quantitative estimate of drug-likeness (QED) is 0.707. The zero-order valence-corrected chi connectivity index (χ0v) is 17.4. The fraction of sp³-hybridized carbons (Fsp3) is 0.421. The van der Waals surface area contributed by atoms with E-state index in [1.165, 1.54) is 16.8 Å². The monoisotopic (exact) mass is 420 g/mol. The summed E-state index contributed by atoms with van der Waals surface area (Å²) in [6, 6.07) is 7.21. The van der Waals surface area contributed by atoms with Gasteiger partial charge in [-0.25, -0.2) is 8.42 Å². The van der Waals surface area contributed by atoms with Gasteiger partial charge in [-0.15, -0.1) is 0 Å². The highest BCUT2D eigenvalue weighted by Crippen LogP contribution is 2.27. The van der Waals surface area contributed by atoms with Crippen molar-refractivity contribution in [2.45, 2.75) is 37.6 Å². The lowest BCUT2D eigenvalue weighted by molar-refractivity contribution is -0.150. The number of hydrogen-bond donors (Lipinski definition) is 1. The molecule has 0 spiro atoms. The van der Waals surface area contributed by atoms with E-state index < -0.39 is 34.5 Å². The Morgan fingerprint density at radius 1 is 1.24 bits per heavy atom. The van der Waals surface area contributed by atoms with Gasteiger partial charge in [0, 0.05) is 19.7 Å². The molecule has 1 aromatic heterocycles. The fourth-order valence-electron chi connectivity index (χ4n) is 3.25. The Kier molecular flexibility index (Phi) is 6.04. The van der Waals surface area contributed by atoms with Crippen molar-refractivity contribution in [1.29, 1.82) is 0 Å². The third kappa shape index (κ3) is 4.65. The van der Waals surface area contributed by atoms with Gasteiger partial charge in [-0.05, 0) is 38.8 Å². The number of aryl methyl sites for hydroxylation is 3. The van der Waals surface area contributed by atoms with Crippen LogP contribution in [0, 0.1) is 13.8 Å². The van der Waals surface area contributed by atoms with Crippen molar-refractivity contribution in [2.75, 3.05) is 18.5 Å². The Morgan fingerprint density at radius 2 is 1.93 bits per heavy atom. The van der Waals surface area contributed by atoms with Crippen LogP contribution in [0.3, 0.4) is 0 Å². The lowest BCUT2D eigenvalue weighted by Gasteiger charge is -2.22. The normalized spacial score (nSPS) is 17.3. The molecule has 1 amide bonds. The minimum atomic E-state index is -3.82. The van der Waals surface area contributed by atoms with Crippen molar-refractivity contribution < 1.29 is 22.7 Å². The van der Waals surface area contributed by atoms with Gasteiger partial charge in [0.05, 0.1) is 10.6 Å². The van der Waals surface area contributed by atoms with Gasteiger partial charge in [-0.1, -0.05) is 17.7 Å². The van der Waals surface area contributed by atoms with Gasteiger partial charge < -0.3 is 10.1 Å². The van der Waals surface area contributed by atoms with Gasteiger partial charge in [0.1, 0.15) is 11.9 Å². The largest absolute Gasteiger partial charge is 0.454 e. The fourth-order valence-corrected chi connectivity index (χ4v) is 4.90. The molecule has 1 atom stereocenters. The van der Waals surface area contributed by atoms with E-state index in [-0.39, 0.29) is 11.4 Å². The van der Waals surface area contributed by atoms with E-state index in [0.717, 1.165) is 15.6 Å². The number of esters is 1. The van der Waals surface area contributed by atoms with Crippen molar-refractivity contribution in [3.8, 4) is 0 Å². The number of carbonyl (C=O) groups excluding carboxylic acids is 2. The van der Waals surface area contributed by atoms with Crippen LogP contribution >= 0.6 is 0 Å². The molecular formula is C19H24N4O5S. The maximum atomic E-state index is 12.9. The maximum absolute atomic E-state index is 12.9. The van der Waals surface area contributed by atoms with E-state index in [1.54, 1.807) is 32.2 Å². The summed E-state index contributed by atoms with van der Waals surface area (Å²) in [5.74, 6) is -0.769. The average molecular weight is 420 g/mol. The number of anilines is 1. The molecular weight excluding hydrogens is 396 g/mol. The summed E-state index contributed by atoms with van der Waals surface area (Å²) in [6.45, 7) is 3.39. The lowest BCUT2D eigenvalue weighted by Crippen LogP contribution is -2.42. The van der Waals surface area contributed by atoms with E-state index in [9.17, 15) is 18.0 Å². The molecule has 1 fully saturated rings. The third-order valence-corrected chi connectivity index (χ3v) is 6.64. The summed E-state index contributed by atoms with van der Waals surface area (Å²) >= 11 is 0. The number of amides is 1. The average Bonchev–Trinajstić information content (AvgIpc) is 3.27. The number of benzene rings is 1. The molecule has 0 radical (unpaired) electrons. The highest BCUT2D eigenvalue weighted by Gasteiger charge is 2.40. The van der Waals surface area contributed by atoms with Gasteiger partial charge in [-0.3, -0.25) is 14.3 Å². The highest BCUT2D eigenvalue weighted by atomic mass is 32.2. The smallest absolute Gasteiger partial charge is 0.324 e. The minimum Gasteiger partial charge on any atom is -0.454 e. The van der Waals surface area contributed by atoms with Crippen molar-refractivity contribution in [2.24, 2.45) is 7.05 Å². The van der Waals surface area contributed by atoms with Crippen LogP contribution in [0.25, 0.3) is 0 Å². The highest BCUT2D eigenvalue weighted by molar-refractivity contribution is 7.89. The number of ether oxygens (including phenoxy) is 1. The zero-order chi connectivity index (χ0) is 21.2. The molecule has 156 valence electrons. The first-order valence-corrected chi connectivity index (χ1v) is 10.7. The van der Waals surface area contributed by atoms with Gasteiger partial charge in [-0.2, -0.15) is 9.40 Å². The van der Waals surface area contributed by atoms with Crippen molar-refractivity contribution in [3.63, 3.8) is 0 Å². The van der Waals surface area contributed by atoms with Crippen LogP contribution in [0.1, 0.15) is 24.1 Å². The molecule has 1 aliphatic rings. The van der Waals surface area contributed by atoms with Crippen molar-refractivity contribution in [1.82, 2.24) is 14.1 Å². The van der Waals surface area contributed by atoms with Crippen LogP contribution in [-0.2, 0) is 31.4 Å². The Morgan fingerprint density at radius 3 is 2.55 bits per heavy atom. The molecule has 0 saturated carbocycles. The molecule has 9 nitrogen and oxygen atoms in total. The predicted molar refractivity (Wildman–Crippen MR) is 106 cm³/mol. The second-order valence-electron chi connectivity index (χ2n) is 7.04. The van der Waals surface area contributed by atoms with E-state index in [1.807, 2.05) is 6.92 Å². The number of carbonyl (C=O) groups is 2. The molecule has 3 rings (SSSR count). The number of rotatable bonds is 6. The van der Waals surface area contributed by atoms with E-state index in [4.69, 9.17) is 4.74 Å². The topological polar surface area (TPSA) is 111 Å². The first-order valence-electron chi connectivity index (χ1n) is 9.24. The minimum absolute atomic E-state index is 0.132. The third-order valence-electron chi connectivity index (χ3n) is 4.72. The molecule has 1 aromatic carbocycles. The van der Waals surface area contributed by atoms with Crippen LogP contribution < -0.4 is 5.32 Å². The Bertz CT molecular complexity index is 1010. The molecule has 10 heteroatoms. The summed E-state index contributed by atoms with van der Waals surface area (Å²) in [4.78, 5) is 24.7. The SMILES string of the molecule is Cc1ccc(S(=O)(=O)N2CCC[C@H]2C(=O)OCC(=O)Nc2cc(C)nn2C)cc1. The van der Waals surface area contributed by atoms with Gasteiger partial charge in [0.15, 0.2) is 6.61 Å². The number of nitrogens with one attached hydrogen (secondary N) is 1. The number of nitrogens with zero attached hydrogens (tertiary/aromatic N) is 3. The van der Waals surface area contributed by atoms with E-state index in [0.29, 0.717) is 18.7 Å². The molecule has 1 aliphatic heterocycles. The molecule has 29 heavy (non-hydrogen) atoms. The lowest BCUT2D eigenvalue weighted by atomic mass is 10.2. The van der Waals surface area contributed by atoms with Crippen LogP contribution in [0.2, 0.25) is 0 Å². The Labute approximate surface area is 169 Å². The summed E-state index contributed by atoms with van der Waals surface area (Å²) in [5, 5.41) is 6.72. The summed E-state index contributed by atoms with van der Waals surface area (Å²) in [7, 11) is -2.14. The standard InChI is InChI=1S/C19H24N4O5S/c1-13-6-8-15(9-7-13)29(26,27)23-10-4-5-16(23)19(25)28-12-18(24)20-17-11-14(2)21-22(17)3/h6-9,11,16H,4-5,10,12H2,1-3H3,(H,20,24)/t16-/m0/s1. The number of hydrogen-bond acceptors (Lipinski definition) is 6. The Balaban J connectivity index is 1.63. The van der Waals surface area contributed by atoms with E-state index in [2.05, 4.69) is 10.4 Å². The van der Waals surface area contributed by atoms with Gasteiger partial charge in [0.2, 0.25) is 10.0 Å². The molecule has 0 aliphatic carbocycles. The predicted octanol–water partition coefficient (Wildman–Crippen LogP) is 1.37. The van der Waals surface area contributed by atoms with Gasteiger partial charge in [0.25, 0.3) is 5.91 Å². The van der Waals surface area contributed by atoms with Crippen LogP contribution in [-0.4, -0.2) is 53.6 Å². The van der Waals surface area contributed by atoms with Crippen LogP contribution in [0.4, 0.5) is 5.82 Å². The Hall–Kier alpha value is -2.72. The second-order valence-corrected chi connectivity index (χ2v) is 8.93. The number of sulfonamides is 1. The zero-order valence-electron chi connectivity index (χ0n) is 16.6. The summed E-state index contributed by atoms with van der Waals surface area (Å²) < 4.78 is 33.6. The maximum Gasteiger partial charge on any atom is 0.324 e. The molecule has 2 aromatic rings. The first kappa shape index (κ1) is 21.0. The molecule has 1 N–H and O–H groups in total. The molecule has 0 bridgehead atoms. The molecule has 2 heterocycles. The van der Waals surface area contributed by atoms with Crippen LogP contribution in [0.15, 0.2) is 35.2 Å². The van der Waals surface area contributed by atoms with Crippen molar-refractivity contribution in [3.05, 3.63) is 41.6 Å². The van der Waals surface area contributed by atoms with Gasteiger partial charge >= 0.3 is 5.97 Å². The molecule has 0 unspecified atom stereocenters. The van der Waals surface area contributed by atoms with E-state index >= 15 is 0 Å². The van der Waals surface area contributed by atoms with Crippen LogP contribution in [0.5, 0.6) is 0 Å². The number of aromatic nitrogens is 2. The summed E-state index contributed by atoms with van der Waals surface area (Å²) in [6.07, 6.45) is 0.901. The van der Waals surface area contributed by atoms with Crippen molar-refractivity contribution >= 4 is 27.7 Å².